The molecule has 0 bridgehead atoms. The number of hydrogen-bond acceptors (Lipinski definition) is 5. The van der Waals surface area contributed by atoms with Gasteiger partial charge in [-0.15, -0.1) is 0 Å². The van der Waals surface area contributed by atoms with Gasteiger partial charge in [-0.2, -0.15) is 0 Å². The van der Waals surface area contributed by atoms with Crippen LogP contribution in [0.2, 0.25) is 0 Å². The van der Waals surface area contributed by atoms with Gasteiger partial charge in [-0.1, -0.05) is 12.1 Å². The highest BCUT2D eigenvalue weighted by Gasteiger charge is 2.16. The van der Waals surface area contributed by atoms with Gasteiger partial charge in [-0.3, -0.25) is 14.6 Å². The van der Waals surface area contributed by atoms with Gasteiger partial charge in [0.1, 0.15) is 13.2 Å². The molecule has 1 aliphatic heterocycles. The third kappa shape index (κ3) is 4.34. The molecular formula is C26H21N3O4. The van der Waals surface area contributed by atoms with Crippen molar-refractivity contribution in [1.82, 2.24) is 4.98 Å². The number of nitrogens with zero attached hydrogens (tertiary/aromatic N) is 1. The van der Waals surface area contributed by atoms with Crippen LogP contribution in [0.25, 0.3) is 10.8 Å². The quantitative estimate of drug-likeness (QED) is 0.476. The van der Waals surface area contributed by atoms with E-state index >= 15 is 0 Å². The topological polar surface area (TPSA) is 89.5 Å². The Morgan fingerprint density at radius 2 is 1.55 bits per heavy atom. The number of nitrogens with one attached hydrogen (secondary N) is 2. The summed E-state index contributed by atoms with van der Waals surface area (Å²) in [5, 5.41) is 7.72. The largest absolute Gasteiger partial charge is 0.486 e. The zero-order chi connectivity index (χ0) is 22.8. The van der Waals surface area contributed by atoms with Crippen molar-refractivity contribution in [1.29, 1.82) is 0 Å². The molecule has 7 nitrogen and oxygen atoms in total. The molecule has 0 spiro atoms. The summed E-state index contributed by atoms with van der Waals surface area (Å²) in [6, 6.07) is 17.8. The van der Waals surface area contributed by atoms with Crippen LogP contribution in [0.4, 0.5) is 11.4 Å². The van der Waals surface area contributed by atoms with Crippen LogP contribution < -0.4 is 20.1 Å². The standard InChI is InChI=1S/C26H21N3O4/c1-16-2-6-21(28-25(30)19-5-7-23-24(13-19)33-11-10-32-23)14-22(16)29-26(31)18-4-3-17-8-9-27-15-20(17)12-18/h2-9,12-15H,10-11H2,1H3,(H,28,30)(H,29,31). The second kappa shape index (κ2) is 8.63. The van der Waals surface area contributed by atoms with E-state index in [1.807, 2.05) is 25.1 Å². The number of carbonyl (C=O) groups is 2. The fourth-order valence-electron chi connectivity index (χ4n) is 3.64. The molecule has 2 amide bonds. The third-order valence-electron chi connectivity index (χ3n) is 5.45. The van der Waals surface area contributed by atoms with Crippen LogP contribution in [0, 0.1) is 6.92 Å². The summed E-state index contributed by atoms with van der Waals surface area (Å²) in [6.45, 7) is 2.84. The van der Waals surface area contributed by atoms with Crippen LogP contribution >= 0.6 is 0 Å². The summed E-state index contributed by atoms with van der Waals surface area (Å²) < 4.78 is 11.1. The summed E-state index contributed by atoms with van der Waals surface area (Å²) in [6.07, 6.45) is 3.45. The first-order valence-corrected chi connectivity index (χ1v) is 10.5. The number of pyridine rings is 1. The van der Waals surface area contributed by atoms with E-state index in [2.05, 4.69) is 15.6 Å². The summed E-state index contributed by atoms with van der Waals surface area (Å²) in [5.41, 5.74) is 3.05. The first-order chi connectivity index (χ1) is 16.1. The van der Waals surface area contributed by atoms with Gasteiger partial charge in [0, 0.05) is 40.3 Å². The number of amides is 2. The molecule has 7 heteroatoms. The average molecular weight is 439 g/mol. The molecule has 164 valence electrons. The molecule has 33 heavy (non-hydrogen) atoms. The molecule has 0 radical (unpaired) electrons. The lowest BCUT2D eigenvalue weighted by molar-refractivity contribution is 0.101. The molecule has 0 saturated heterocycles. The molecule has 0 unspecified atom stereocenters. The Kier molecular flexibility index (Phi) is 5.36. The lowest BCUT2D eigenvalue weighted by Crippen LogP contribution is -2.17. The number of fused-ring (bicyclic) bond motifs is 2. The van der Waals surface area contributed by atoms with Gasteiger partial charge in [-0.25, -0.2) is 0 Å². The third-order valence-corrected chi connectivity index (χ3v) is 5.45. The Morgan fingerprint density at radius 1 is 0.788 bits per heavy atom. The zero-order valence-corrected chi connectivity index (χ0v) is 17.9. The highest BCUT2D eigenvalue weighted by Crippen LogP contribution is 2.31. The van der Waals surface area contributed by atoms with Crippen molar-refractivity contribution < 1.29 is 19.1 Å². The van der Waals surface area contributed by atoms with Gasteiger partial charge in [-0.05, 0) is 66.4 Å². The summed E-state index contributed by atoms with van der Waals surface area (Å²) in [4.78, 5) is 29.7. The predicted octanol–water partition coefficient (Wildman–Crippen LogP) is 4.82. The monoisotopic (exact) mass is 439 g/mol. The van der Waals surface area contributed by atoms with Gasteiger partial charge in [0.2, 0.25) is 0 Å². The van der Waals surface area contributed by atoms with E-state index in [0.29, 0.717) is 47.2 Å². The molecule has 2 N–H and O–H groups in total. The number of benzene rings is 3. The maximum absolute atomic E-state index is 12.9. The van der Waals surface area contributed by atoms with E-state index < -0.39 is 0 Å². The van der Waals surface area contributed by atoms with Crippen molar-refractivity contribution in [3.8, 4) is 11.5 Å². The highest BCUT2D eigenvalue weighted by atomic mass is 16.6. The number of aromatic nitrogens is 1. The maximum atomic E-state index is 12.9. The van der Waals surface area contributed by atoms with Crippen LogP contribution in [-0.2, 0) is 0 Å². The van der Waals surface area contributed by atoms with E-state index in [1.165, 1.54) is 0 Å². The van der Waals surface area contributed by atoms with E-state index in [4.69, 9.17) is 9.47 Å². The Hall–Kier alpha value is -4.39. The van der Waals surface area contributed by atoms with Gasteiger partial charge in [0.15, 0.2) is 11.5 Å². The van der Waals surface area contributed by atoms with E-state index in [0.717, 1.165) is 16.3 Å². The lowest BCUT2D eigenvalue weighted by Gasteiger charge is -2.18. The van der Waals surface area contributed by atoms with Crippen LogP contribution in [0.3, 0.4) is 0 Å². The second-order valence-corrected chi connectivity index (χ2v) is 7.73. The minimum absolute atomic E-state index is 0.237. The summed E-state index contributed by atoms with van der Waals surface area (Å²) in [7, 11) is 0. The number of ether oxygens (including phenoxy) is 2. The van der Waals surface area contributed by atoms with Crippen molar-refractivity contribution in [3.05, 3.63) is 89.7 Å². The van der Waals surface area contributed by atoms with Crippen molar-refractivity contribution in [3.63, 3.8) is 0 Å². The highest BCUT2D eigenvalue weighted by molar-refractivity contribution is 6.08. The van der Waals surface area contributed by atoms with Gasteiger partial charge in [0.05, 0.1) is 0 Å². The molecule has 1 aliphatic rings. The first-order valence-electron chi connectivity index (χ1n) is 10.5. The fourth-order valence-corrected chi connectivity index (χ4v) is 3.64. The van der Waals surface area contributed by atoms with Crippen LogP contribution in [0.5, 0.6) is 11.5 Å². The smallest absolute Gasteiger partial charge is 0.255 e. The van der Waals surface area contributed by atoms with E-state index in [9.17, 15) is 9.59 Å². The number of hydrogen-bond donors (Lipinski definition) is 2. The molecule has 2 heterocycles. The molecule has 4 aromatic rings. The van der Waals surface area contributed by atoms with Gasteiger partial charge in [0.25, 0.3) is 11.8 Å². The summed E-state index contributed by atoms with van der Waals surface area (Å²) in [5.74, 6) is 0.660. The van der Waals surface area contributed by atoms with Gasteiger partial charge < -0.3 is 20.1 Å². The molecule has 0 saturated carbocycles. The van der Waals surface area contributed by atoms with Gasteiger partial charge >= 0.3 is 0 Å². The second-order valence-electron chi connectivity index (χ2n) is 7.73. The Bertz CT molecular complexity index is 1380. The Balaban J connectivity index is 1.33. The van der Waals surface area contributed by atoms with Crippen molar-refractivity contribution in [2.45, 2.75) is 6.92 Å². The van der Waals surface area contributed by atoms with Crippen LogP contribution in [-0.4, -0.2) is 30.0 Å². The number of aryl methyl sites for hydroxylation is 1. The number of anilines is 2. The molecule has 5 rings (SSSR count). The van der Waals surface area contributed by atoms with Crippen molar-refractivity contribution >= 4 is 34.0 Å². The Morgan fingerprint density at radius 3 is 2.42 bits per heavy atom. The minimum Gasteiger partial charge on any atom is -0.486 e. The van der Waals surface area contributed by atoms with Crippen LogP contribution in [0.1, 0.15) is 26.3 Å². The predicted molar refractivity (Wildman–Crippen MR) is 126 cm³/mol. The SMILES string of the molecule is Cc1ccc(NC(=O)c2ccc3c(c2)OCCO3)cc1NC(=O)c1ccc2ccncc2c1. The van der Waals surface area contributed by atoms with E-state index in [1.54, 1.807) is 54.9 Å². The Labute approximate surface area is 190 Å². The zero-order valence-electron chi connectivity index (χ0n) is 17.9. The summed E-state index contributed by atoms with van der Waals surface area (Å²) >= 11 is 0. The molecular weight excluding hydrogens is 418 g/mol. The van der Waals surface area contributed by atoms with E-state index in [-0.39, 0.29) is 11.8 Å². The molecule has 3 aromatic carbocycles. The molecule has 0 fully saturated rings. The number of carbonyl (C=O) groups excluding carboxylic acids is 2. The van der Waals surface area contributed by atoms with Crippen molar-refractivity contribution in [2.75, 3.05) is 23.8 Å². The molecule has 1 aromatic heterocycles. The fraction of sp³-hybridized carbons (Fsp3) is 0.115. The average Bonchev–Trinajstić information content (AvgIpc) is 2.85. The van der Waals surface area contributed by atoms with Crippen LogP contribution in [0.15, 0.2) is 73.1 Å². The normalized spacial score (nSPS) is 12.3. The lowest BCUT2D eigenvalue weighted by atomic mass is 10.1. The number of rotatable bonds is 4. The molecule has 0 atom stereocenters. The minimum atomic E-state index is -0.282. The first kappa shape index (κ1) is 20.5. The maximum Gasteiger partial charge on any atom is 0.255 e. The molecule has 0 aliphatic carbocycles. The van der Waals surface area contributed by atoms with Crippen molar-refractivity contribution in [2.24, 2.45) is 0 Å².